The van der Waals surface area contributed by atoms with Gasteiger partial charge in [-0.15, -0.1) is 0 Å². The summed E-state index contributed by atoms with van der Waals surface area (Å²) in [5.41, 5.74) is 0.759. The van der Waals surface area contributed by atoms with Gasteiger partial charge in [0.05, 0.1) is 12.5 Å². The van der Waals surface area contributed by atoms with Crippen molar-refractivity contribution in [1.82, 2.24) is 25.0 Å². The highest BCUT2D eigenvalue weighted by molar-refractivity contribution is 5.47. The molecule has 1 atom stereocenters. The van der Waals surface area contributed by atoms with Crippen LogP contribution in [0.3, 0.4) is 0 Å². The van der Waals surface area contributed by atoms with Crippen molar-refractivity contribution in [1.29, 1.82) is 0 Å². The van der Waals surface area contributed by atoms with Crippen LogP contribution >= 0.6 is 0 Å². The van der Waals surface area contributed by atoms with E-state index in [1.54, 1.807) is 12.5 Å². The summed E-state index contributed by atoms with van der Waals surface area (Å²) < 4.78 is 7.42. The maximum Gasteiger partial charge on any atom is 0.232 e. The Labute approximate surface area is 118 Å². The molecule has 1 aliphatic heterocycles. The van der Waals surface area contributed by atoms with Crippen LogP contribution in [0.2, 0.25) is 0 Å². The summed E-state index contributed by atoms with van der Waals surface area (Å²) in [6.07, 6.45) is 5.89. The van der Waals surface area contributed by atoms with E-state index in [1.165, 1.54) is 12.8 Å². The first kappa shape index (κ1) is 13.3. The molecule has 1 fully saturated rings. The van der Waals surface area contributed by atoms with E-state index in [1.807, 2.05) is 11.6 Å². The monoisotopic (exact) mass is 275 g/mol. The van der Waals surface area contributed by atoms with Gasteiger partial charge >= 0.3 is 0 Å². The van der Waals surface area contributed by atoms with Crippen LogP contribution in [0, 0.1) is 5.92 Å². The summed E-state index contributed by atoms with van der Waals surface area (Å²) in [6.45, 7) is 6.49. The molecule has 3 heterocycles. The van der Waals surface area contributed by atoms with Crippen molar-refractivity contribution in [3.63, 3.8) is 0 Å². The average Bonchev–Trinajstić information content (AvgIpc) is 3.08. The third-order valence-corrected chi connectivity index (χ3v) is 4.34. The van der Waals surface area contributed by atoms with E-state index in [0.29, 0.717) is 17.6 Å². The number of rotatable bonds is 3. The number of hydrogen-bond acceptors (Lipinski definition) is 5. The fourth-order valence-electron chi connectivity index (χ4n) is 2.80. The lowest BCUT2D eigenvalue weighted by molar-refractivity contribution is 0.196. The first-order chi connectivity index (χ1) is 9.59. The van der Waals surface area contributed by atoms with E-state index in [0.717, 1.165) is 18.8 Å². The summed E-state index contributed by atoms with van der Waals surface area (Å²) >= 11 is 0. The largest absolute Gasteiger partial charge is 0.338 e. The van der Waals surface area contributed by atoms with Crippen molar-refractivity contribution in [3.8, 4) is 11.5 Å². The molecule has 0 radical (unpaired) electrons. The minimum absolute atomic E-state index is 0.114. The van der Waals surface area contributed by atoms with Gasteiger partial charge in [0.2, 0.25) is 11.7 Å². The van der Waals surface area contributed by atoms with Crippen LogP contribution in [0.25, 0.3) is 11.5 Å². The zero-order valence-electron chi connectivity index (χ0n) is 12.3. The lowest BCUT2D eigenvalue weighted by Gasteiger charge is -2.34. The van der Waals surface area contributed by atoms with Crippen LogP contribution in [0.5, 0.6) is 0 Å². The number of nitrogens with one attached hydrogen (secondary N) is 1. The van der Waals surface area contributed by atoms with Gasteiger partial charge in [0.25, 0.3) is 0 Å². The van der Waals surface area contributed by atoms with E-state index in [4.69, 9.17) is 4.52 Å². The number of nitrogens with zero attached hydrogens (tertiary/aromatic N) is 4. The van der Waals surface area contributed by atoms with Crippen molar-refractivity contribution in [2.45, 2.75) is 32.1 Å². The van der Waals surface area contributed by atoms with E-state index in [-0.39, 0.29) is 5.41 Å². The van der Waals surface area contributed by atoms with Gasteiger partial charge in [0.1, 0.15) is 5.69 Å². The van der Waals surface area contributed by atoms with Gasteiger partial charge in [-0.1, -0.05) is 19.0 Å². The molecule has 0 bridgehead atoms. The fraction of sp³-hybridized carbons (Fsp3) is 0.643. The standard InChI is InChI=1S/C14H21N5O/c1-14(2,10-5-4-6-15-7-10)13-17-12(18-20-13)11-8-16-9-19(11)3/h8-10,15H,4-7H2,1-3H3. The average molecular weight is 275 g/mol. The molecule has 0 aliphatic carbocycles. The summed E-state index contributed by atoms with van der Waals surface area (Å²) in [5, 5.41) is 7.56. The zero-order chi connectivity index (χ0) is 14.2. The Kier molecular flexibility index (Phi) is 3.33. The highest BCUT2D eigenvalue weighted by Crippen LogP contribution is 2.35. The second-order valence-electron chi connectivity index (χ2n) is 6.08. The molecule has 6 nitrogen and oxygen atoms in total. The van der Waals surface area contributed by atoms with Crippen molar-refractivity contribution >= 4 is 0 Å². The highest BCUT2D eigenvalue weighted by Gasteiger charge is 2.37. The molecule has 3 rings (SSSR count). The van der Waals surface area contributed by atoms with Gasteiger partial charge < -0.3 is 14.4 Å². The highest BCUT2D eigenvalue weighted by atomic mass is 16.5. The predicted octanol–water partition coefficient (Wildman–Crippen LogP) is 1.75. The summed E-state index contributed by atoms with van der Waals surface area (Å²) in [5.74, 6) is 1.84. The summed E-state index contributed by atoms with van der Waals surface area (Å²) in [4.78, 5) is 8.68. The maximum absolute atomic E-state index is 5.53. The fourth-order valence-corrected chi connectivity index (χ4v) is 2.80. The number of hydrogen-bond donors (Lipinski definition) is 1. The minimum Gasteiger partial charge on any atom is -0.338 e. The molecule has 0 amide bonds. The zero-order valence-corrected chi connectivity index (χ0v) is 12.3. The van der Waals surface area contributed by atoms with Crippen LogP contribution in [-0.4, -0.2) is 32.8 Å². The van der Waals surface area contributed by atoms with Crippen molar-refractivity contribution in [3.05, 3.63) is 18.4 Å². The molecule has 1 aliphatic rings. The molecule has 20 heavy (non-hydrogen) atoms. The molecule has 1 N–H and O–H groups in total. The Bertz CT molecular complexity index is 580. The lowest BCUT2D eigenvalue weighted by atomic mass is 9.75. The Hall–Kier alpha value is -1.69. The van der Waals surface area contributed by atoms with E-state index in [9.17, 15) is 0 Å². The Balaban J connectivity index is 1.87. The minimum atomic E-state index is -0.114. The van der Waals surface area contributed by atoms with Crippen molar-refractivity contribution < 1.29 is 4.52 Å². The SMILES string of the molecule is Cn1cncc1-c1noc(C(C)(C)C2CCCNC2)n1. The Morgan fingerprint density at radius 3 is 2.95 bits per heavy atom. The van der Waals surface area contributed by atoms with E-state index < -0.39 is 0 Å². The quantitative estimate of drug-likeness (QED) is 0.924. The van der Waals surface area contributed by atoms with Gasteiger partial charge in [-0.25, -0.2) is 4.98 Å². The smallest absolute Gasteiger partial charge is 0.232 e. The number of aryl methyl sites for hydroxylation is 1. The van der Waals surface area contributed by atoms with Gasteiger partial charge in [-0.05, 0) is 31.8 Å². The molecule has 0 saturated carbocycles. The molecular weight excluding hydrogens is 254 g/mol. The number of aromatic nitrogens is 4. The lowest BCUT2D eigenvalue weighted by Crippen LogP contribution is -2.40. The second kappa shape index (κ2) is 5.01. The summed E-state index contributed by atoms with van der Waals surface area (Å²) in [6, 6.07) is 0. The molecule has 0 spiro atoms. The van der Waals surface area contributed by atoms with Crippen LogP contribution in [0.4, 0.5) is 0 Å². The molecular formula is C14H21N5O. The van der Waals surface area contributed by atoms with Gasteiger partial charge in [-0.3, -0.25) is 0 Å². The third-order valence-electron chi connectivity index (χ3n) is 4.34. The van der Waals surface area contributed by atoms with Gasteiger partial charge in [-0.2, -0.15) is 4.98 Å². The summed E-state index contributed by atoms with van der Waals surface area (Å²) in [7, 11) is 1.93. The normalized spacial score (nSPS) is 20.2. The van der Waals surface area contributed by atoms with Crippen LogP contribution in [0.15, 0.2) is 17.0 Å². The molecule has 1 unspecified atom stereocenters. The van der Waals surface area contributed by atoms with Crippen molar-refractivity contribution in [2.75, 3.05) is 13.1 Å². The molecule has 2 aromatic rings. The molecule has 1 saturated heterocycles. The number of imidazole rings is 1. The van der Waals surface area contributed by atoms with E-state index in [2.05, 4.69) is 34.3 Å². The number of piperidine rings is 1. The van der Waals surface area contributed by atoms with Crippen LogP contribution < -0.4 is 5.32 Å². The van der Waals surface area contributed by atoms with E-state index >= 15 is 0 Å². The molecule has 6 heteroatoms. The van der Waals surface area contributed by atoms with Gasteiger partial charge in [0, 0.05) is 12.5 Å². The van der Waals surface area contributed by atoms with Gasteiger partial charge in [0.15, 0.2) is 0 Å². The first-order valence-electron chi connectivity index (χ1n) is 7.10. The van der Waals surface area contributed by atoms with Crippen LogP contribution in [0.1, 0.15) is 32.6 Å². The predicted molar refractivity (Wildman–Crippen MR) is 75.1 cm³/mol. The third kappa shape index (κ3) is 2.24. The first-order valence-corrected chi connectivity index (χ1v) is 7.10. The molecule has 2 aromatic heterocycles. The Morgan fingerprint density at radius 2 is 2.30 bits per heavy atom. The topological polar surface area (TPSA) is 68.8 Å². The maximum atomic E-state index is 5.53. The molecule has 108 valence electrons. The Morgan fingerprint density at radius 1 is 1.45 bits per heavy atom. The molecule has 0 aromatic carbocycles. The van der Waals surface area contributed by atoms with Crippen LogP contribution in [-0.2, 0) is 12.5 Å². The second-order valence-corrected chi connectivity index (χ2v) is 6.08. The van der Waals surface area contributed by atoms with Crippen molar-refractivity contribution in [2.24, 2.45) is 13.0 Å².